The Labute approximate surface area is 171 Å². The summed E-state index contributed by atoms with van der Waals surface area (Å²) in [5.41, 5.74) is 0. The molecule has 3 atom stereocenters. The number of benzene rings is 1. The first-order valence-electron chi connectivity index (χ1n) is 10.2. The van der Waals surface area contributed by atoms with E-state index in [4.69, 9.17) is 4.74 Å². The van der Waals surface area contributed by atoms with Gasteiger partial charge in [0.25, 0.3) is 0 Å². The van der Waals surface area contributed by atoms with Crippen LogP contribution in [0, 0.1) is 5.82 Å². The first-order chi connectivity index (χ1) is 13.9. The minimum atomic E-state index is -3.87. The van der Waals surface area contributed by atoms with Gasteiger partial charge in [0.05, 0.1) is 36.2 Å². The fourth-order valence-corrected chi connectivity index (χ4v) is 5.34. The van der Waals surface area contributed by atoms with Gasteiger partial charge in [-0.25, -0.2) is 17.5 Å². The van der Waals surface area contributed by atoms with Gasteiger partial charge in [-0.3, -0.25) is 4.79 Å². The predicted octanol–water partition coefficient (Wildman–Crippen LogP) is 1.85. The minimum absolute atomic E-state index is 0.0513. The van der Waals surface area contributed by atoms with Crippen molar-refractivity contribution in [2.45, 2.75) is 80.6 Å². The summed E-state index contributed by atoms with van der Waals surface area (Å²) in [6.45, 7) is -0.364. The number of hydrogen-bond donors (Lipinski definition) is 3. The molecule has 1 aromatic rings. The molecule has 7 nitrogen and oxygen atoms in total. The lowest BCUT2D eigenvalue weighted by Gasteiger charge is -2.36. The standard InChI is InChI=1S/C20H29FN2O5S/c21-14-6-9-17(10-7-14)29(26,27)23-18-11-8-16(28-19(18)13-24)12-20(25)22-15-4-2-1-3-5-15/h6-7,9-10,15-16,18-19,23-24H,1-5,8,11-13H2,(H,22,25)/t16-,18-,19+/m1/s1. The molecule has 162 valence electrons. The maximum Gasteiger partial charge on any atom is 0.240 e. The van der Waals surface area contributed by atoms with E-state index in [-0.39, 0.29) is 36.0 Å². The lowest BCUT2D eigenvalue weighted by molar-refractivity contribution is -0.131. The fraction of sp³-hybridized carbons (Fsp3) is 0.650. The van der Waals surface area contributed by atoms with Crippen LogP contribution in [0.4, 0.5) is 4.39 Å². The molecule has 1 aliphatic carbocycles. The Hall–Kier alpha value is -1.55. The van der Waals surface area contributed by atoms with E-state index in [0.29, 0.717) is 12.8 Å². The molecule has 1 heterocycles. The van der Waals surface area contributed by atoms with Crippen molar-refractivity contribution in [3.63, 3.8) is 0 Å². The van der Waals surface area contributed by atoms with Gasteiger partial charge in [-0.05, 0) is 49.9 Å². The van der Waals surface area contributed by atoms with Crippen molar-refractivity contribution in [2.75, 3.05) is 6.61 Å². The van der Waals surface area contributed by atoms with Gasteiger partial charge in [0.15, 0.2) is 0 Å². The second kappa shape index (κ2) is 9.97. The summed E-state index contributed by atoms with van der Waals surface area (Å²) < 4.78 is 46.4. The Morgan fingerprint density at radius 2 is 1.79 bits per heavy atom. The number of aliphatic hydroxyl groups excluding tert-OH is 1. The number of sulfonamides is 1. The number of rotatable bonds is 7. The maximum absolute atomic E-state index is 13.0. The minimum Gasteiger partial charge on any atom is -0.394 e. The van der Waals surface area contributed by atoms with Gasteiger partial charge < -0.3 is 15.2 Å². The van der Waals surface area contributed by atoms with Gasteiger partial charge in [-0.1, -0.05) is 19.3 Å². The Bertz CT molecular complexity index is 781. The zero-order valence-corrected chi connectivity index (χ0v) is 17.2. The molecule has 1 aliphatic heterocycles. The van der Waals surface area contributed by atoms with E-state index in [2.05, 4.69) is 10.0 Å². The maximum atomic E-state index is 13.0. The molecule has 29 heavy (non-hydrogen) atoms. The Kier molecular flexibility index (Phi) is 7.61. The van der Waals surface area contributed by atoms with E-state index in [1.807, 2.05) is 0 Å². The number of carbonyl (C=O) groups excluding carboxylic acids is 1. The summed E-state index contributed by atoms with van der Waals surface area (Å²) in [4.78, 5) is 12.3. The fourth-order valence-electron chi connectivity index (χ4n) is 4.04. The summed E-state index contributed by atoms with van der Waals surface area (Å²) in [6, 6.07) is 4.14. The molecule has 9 heteroatoms. The summed E-state index contributed by atoms with van der Waals surface area (Å²) in [5, 5.41) is 12.7. The molecule has 3 rings (SSSR count). The van der Waals surface area contributed by atoms with E-state index in [0.717, 1.165) is 37.8 Å². The zero-order chi connectivity index (χ0) is 20.9. The van der Waals surface area contributed by atoms with E-state index in [1.165, 1.54) is 18.6 Å². The lowest BCUT2D eigenvalue weighted by atomic mass is 9.94. The smallest absolute Gasteiger partial charge is 0.240 e. The molecule has 0 radical (unpaired) electrons. The second-order valence-corrected chi connectivity index (χ2v) is 9.56. The van der Waals surface area contributed by atoms with Gasteiger partial charge in [0.2, 0.25) is 15.9 Å². The van der Waals surface area contributed by atoms with Crippen molar-refractivity contribution < 1.29 is 27.4 Å². The van der Waals surface area contributed by atoms with E-state index < -0.39 is 28.0 Å². The zero-order valence-electron chi connectivity index (χ0n) is 16.3. The summed E-state index contributed by atoms with van der Waals surface area (Å²) in [6.07, 6.45) is 5.52. The molecule has 1 amide bonds. The summed E-state index contributed by atoms with van der Waals surface area (Å²) >= 11 is 0. The van der Waals surface area contributed by atoms with E-state index in [1.54, 1.807) is 0 Å². The van der Waals surface area contributed by atoms with Crippen LogP contribution in [-0.4, -0.2) is 50.3 Å². The molecule has 1 saturated heterocycles. The predicted molar refractivity (Wildman–Crippen MR) is 105 cm³/mol. The number of aliphatic hydroxyl groups is 1. The van der Waals surface area contributed by atoms with E-state index in [9.17, 15) is 22.7 Å². The second-order valence-electron chi connectivity index (χ2n) is 7.84. The van der Waals surface area contributed by atoms with Gasteiger partial charge in [0, 0.05) is 6.04 Å². The number of nitrogens with one attached hydrogen (secondary N) is 2. The normalized spacial score (nSPS) is 26.2. The summed E-state index contributed by atoms with van der Waals surface area (Å²) in [5.74, 6) is -0.587. The topological polar surface area (TPSA) is 105 Å². The molecule has 0 unspecified atom stereocenters. The summed E-state index contributed by atoms with van der Waals surface area (Å²) in [7, 11) is -3.87. The molecule has 1 saturated carbocycles. The van der Waals surface area contributed by atoms with Crippen LogP contribution in [0.5, 0.6) is 0 Å². The molecular formula is C20H29FN2O5S. The number of ether oxygens (including phenoxy) is 1. The van der Waals surface area contributed by atoms with Crippen LogP contribution in [0.3, 0.4) is 0 Å². The highest BCUT2D eigenvalue weighted by atomic mass is 32.2. The SMILES string of the molecule is O=C(C[C@H]1CC[C@@H](NS(=O)(=O)c2ccc(F)cc2)[C@H](CO)O1)NC1CCCCC1. The number of amides is 1. The first-order valence-corrected chi connectivity index (χ1v) is 11.7. The third-order valence-corrected chi connectivity index (χ3v) is 7.12. The number of carbonyl (C=O) groups is 1. The van der Waals surface area contributed by atoms with Crippen molar-refractivity contribution in [3.8, 4) is 0 Å². The largest absolute Gasteiger partial charge is 0.394 e. The molecule has 1 aromatic carbocycles. The Morgan fingerprint density at radius 1 is 1.10 bits per heavy atom. The monoisotopic (exact) mass is 428 g/mol. The van der Waals surface area contributed by atoms with Crippen molar-refractivity contribution in [2.24, 2.45) is 0 Å². The van der Waals surface area contributed by atoms with Crippen molar-refractivity contribution >= 4 is 15.9 Å². The Balaban J connectivity index is 1.53. The molecule has 2 fully saturated rings. The first kappa shape index (κ1) is 22.1. The van der Waals surface area contributed by atoms with E-state index >= 15 is 0 Å². The molecule has 3 N–H and O–H groups in total. The van der Waals surface area contributed by atoms with Crippen LogP contribution < -0.4 is 10.0 Å². The van der Waals surface area contributed by atoms with Gasteiger partial charge >= 0.3 is 0 Å². The number of hydrogen-bond acceptors (Lipinski definition) is 5. The van der Waals surface area contributed by atoms with Crippen molar-refractivity contribution in [1.82, 2.24) is 10.0 Å². The van der Waals surface area contributed by atoms with Crippen LogP contribution in [-0.2, 0) is 19.6 Å². The average Bonchev–Trinajstić information content (AvgIpc) is 2.70. The average molecular weight is 429 g/mol. The van der Waals surface area contributed by atoms with Crippen LogP contribution in [0.25, 0.3) is 0 Å². The highest BCUT2D eigenvalue weighted by molar-refractivity contribution is 7.89. The molecule has 2 aliphatic rings. The quantitative estimate of drug-likeness (QED) is 0.615. The highest BCUT2D eigenvalue weighted by Crippen LogP contribution is 2.24. The highest BCUT2D eigenvalue weighted by Gasteiger charge is 2.35. The molecule has 0 spiro atoms. The van der Waals surface area contributed by atoms with Gasteiger partial charge in [0.1, 0.15) is 5.82 Å². The van der Waals surface area contributed by atoms with Crippen LogP contribution in [0.15, 0.2) is 29.2 Å². The third kappa shape index (κ3) is 6.21. The van der Waals surface area contributed by atoms with Crippen molar-refractivity contribution in [3.05, 3.63) is 30.1 Å². The van der Waals surface area contributed by atoms with Crippen LogP contribution in [0.2, 0.25) is 0 Å². The Morgan fingerprint density at radius 3 is 2.45 bits per heavy atom. The third-order valence-electron chi connectivity index (χ3n) is 5.61. The van der Waals surface area contributed by atoms with Gasteiger partial charge in [-0.15, -0.1) is 0 Å². The number of halogens is 1. The molecule has 0 bridgehead atoms. The molecular weight excluding hydrogens is 399 g/mol. The van der Waals surface area contributed by atoms with Gasteiger partial charge in [-0.2, -0.15) is 0 Å². The van der Waals surface area contributed by atoms with Crippen LogP contribution in [0.1, 0.15) is 51.4 Å². The van der Waals surface area contributed by atoms with Crippen LogP contribution >= 0.6 is 0 Å². The van der Waals surface area contributed by atoms with Crippen molar-refractivity contribution in [1.29, 1.82) is 0 Å². The molecule has 0 aromatic heterocycles. The lowest BCUT2D eigenvalue weighted by Crippen LogP contribution is -2.51.